The van der Waals surface area contributed by atoms with Gasteiger partial charge in [0.1, 0.15) is 26.4 Å². The number of nitrogens with one attached hydrogen (secondary N) is 1. The van der Waals surface area contributed by atoms with E-state index in [-0.39, 0.29) is 11.4 Å². The SMILES string of the molecule is Nc1cc2c(cc1NC(=O)COCC(F)(F)F)OCCO2. The summed E-state index contributed by atoms with van der Waals surface area (Å²) >= 11 is 0. The minimum Gasteiger partial charge on any atom is -0.486 e. The highest BCUT2D eigenvalue weighted by Crippen LogP contribution is 2.36. The number of fused-ring (bicyclic) bond motifs is 1. The minimum atomic E-state index is -4.48. The second kappa shape index (κ2) is 6.08. The van der Waals surface area contributed by atoms with Gasteiger partial charge in [-0.2, -0.15) is 13.2 Å². The fraction of sp³-hybridized carbons (Fsp3) is 0.417. The van der Waals surface area contributed by atoms with Crippen LogP contribution in [-0.2, 0) is 9.53 Å². The number of nitrogen functional groups attached to an aromatic ring is 1. The van der Waals surface area contributed by atoms with Crippen molar-refractivity contribution in [3.05, 3.63) is 12.1 Å². The standard InChI is InChI=1S/C12H13F3N2O4/c13-12(14,15)6-19-5-11(18)17-8-4-10-9(3-7(8)16)20-1-2-21-10/h3-4H,1-2,5-6,16H2,(H,17,18). The van der Waals surface area contributed by atoms with Gasteiger partial charge >= 0.3 is 6.18 Å². The molecule has 1 amide bonds. The van der Waals surface area contributed by atoms with E-state index in [0.29, 0.717) is 24.7 Å². The Morgan fingerprint density at radius 3 is 2.52 bits per heavy atom. The molecule has 0 atom stereocenters. The smallest absolute Gasteiger partial charge is 0.411 e. The molecule has 0 unspecified atom stereocenters. The minimum absolute atomic E-state index is 0.212. The highest BCUT2D eigenvalue weighted by Gasteiger charge is 2.27. The van der Waals surface area contributed by atoms with Crippen LogP contribution in [0.3, 0.4) is 0 Å². The number of nitrogens with two attached hydrogens (primary N) is 1. The second-order valence-electron chi connectivity index (χ2n) is 4.24. The molecular formula is C12H13F3N2O4. The molecule has 0 saturated heterocycles. The monoisotopic (exact) mass is 306 g/mol. The summed E-state index contributed by atoms with van der Waals surface area (Å²) in [5.74, 6) is 0.106. The molecule has 0 fully saturated rings. The van der Waals surface area contributed by atoms with Crippen molar-refractivity contribution in [1.29, 1.82) is 0 Å². The van der Waals surface area contributed by atoms with Gasteiger partial charge in [-0.15, -0.1) is 0 Å². The van der Waals surface area contributed by atoms with Gasteiger partial charge in [-0.3, -0.25) is 4.79 Å². The molecule has 0 saturated carbocycles. The third kappa shape index (κ3) is 4.42. The van der Waals surface area contributed by atoms with Crippen LogP contribution < -0.4 is 20.5 Å². The number of benzene rings is 1. The van der Waals surface area contributed by atoms with Crippen molar-refractivity contribution in [2.45, 2.75) is 6.18 Å². The van der Waals surface area contributed by atoms with Gasteiger partial charge in [0.2, 0.25) is 5.91 Å². The van der Waals surface area contributed by atoms with Gasteiger partial charge < -0.3 is 25.3 Å². The average molecular weight is 306 g/mol. The first-order valence-corrected chi connectivity index (χ1v) is 5.98. The fourth-order valence-electron chi connectivity index (χ4n) is 1.66. The van der Waals surface area contributed by atoms with Crippen LogP contribution in [0.1, 0.15) is 0 Å². The van der Waals surface area contributed by atoms with Crippen molar-refractivity contribution in [2.24, 2.45) is 0 Å². The zero-order chi connectivity index (χ0) is 15.5. The fourth-order valence-corrected chi connectivity index (χ4v) is 1.66. The predicted molar refractivity (Wildman–Crippen MR) is 67.3 cm³/mol. The Bertz CT molecular complexity index is 534. The summed E-state index contributed by atoms with van der Waals surface area (Å²) in [4.78, 5) is 11.5. The number of carbonyl (C=O) groups is 1. The van der Waals surface area contributed by atoms with E-state index >= 15 is 0 Å². The number of halogens is 3. The van der Waals surface area contributed by atoms with Crippen LogP contribution in [0.25, 0.3) is 0 Å². The van der Waals surface area contributed by atoms with E-state index in [2.05, 4.69) is 10.1 Å². The van der Waals surface area contributed by atoms with Gasteiger partial charge in [-0.25, -0.2) is 0 Å². The molecule has 9 heteroatoms. The largest absolute Gasteiger partial charge is 0.486 e. The topological polar surface area (TPSA) is 82.8 Å². The molecule has 1 aliphatic rings. The van der Waals surface area contributed by atoms with Gasteiger partial charge in [0.05, 0.1) is 11.4 Å². The molecule has 2 rings (SSSR count). The van der Waals surface area contributed by atoms with E-state index in [9.17, 15) is 18.0 Å². The summed E-state index contributed by atoms with van der Waals surface area (Å²) in [6.45, 7) is -1.47. The zero-order valence-corrected chi connectivity index (χ0v) is 10.8. The highest BCUT2D eigenvalue weighted by molar-refractivity contribution is 5.95. The molecule has 3 N–H and O–H groups in total. The molecule has 1 aromatic carbocycles. The van der Waals surface area contributed by atoms with E-state index in [0.717, 1.165) is 0 Å². The van der Waals surface area contributed by atoms with E-state index in [1.54, 1.807) is 0 Å². The van der Waals surface area contributed by atoms with E-state index in [1.807, 2.05) is 0 Å². The normalized spacial score (nSPS) is 13.9. The zero-order valence-electron chi connectivity index (χ0n) is 10.8. The van der Waals surface area contributed by atoms with Crippen molar-refractivity contribution < 1.29 is 32.2 Å². The third-order valence-electron chi connectivity index (χ3n) is 2.49. The van der Waals surface area contributed by atoms with Gasteiger partial charge in [0.15, 0.2) is 11.5 Å². The van der Waals surface area contributed by atoms with Crippen LogP contribution in [0.15, 0.2) is 12.1 Å². The van der Waals surface area contributed by atoms with E-state index in [4.69, 9.17) is 15.2 Å². The first-order valence-electron chi connectivity index (χ1n) is 5.98. The van der Waals surface area contributed by atoms with E-state index < -0.39 is 25.3 Å². The lowest BCUT2D eigenvalue weighted by molar-refractivity contribution is -0.174. The molecule has 1 aliphatic heterocycles. The Labute approximate surface area is 118 Å². The maximum Gasteiger partial charge on any atom is 0.411 e. The van der Waals surface area contributed by atoms with Crippen LogP contribution in [0.5, 0.6) is 11.5 Å². The third-order valence-corrected chi connectivity index (χ3v) is 2.49. The lowest BCUT2D eigenvalue weighted by Gasteiger charge is -2.20. The van der Waals surface area contributed by atoms with Crippen molar-refractivity contribution in [3.63, 3.8) is 0 Å². The van der Waals surface area contributed by atoms with Gasteiger partial charge in [0.25, 0.3) is 0 Å². The van der Waals surface area contributed by atoms with Gasteiger partial charge in [0, 0.05) is 12.1 Å². The second-order valence-corrected chi connectivity index (χ2v) is 4.24. The number of carbonyl (C=O) groups excluding carboxylic acids is 1. The van der Waals surface area contributed by atoms with Crippen LogP contribution in [0.2, 0.25) is 0 Å². The Hall–Kier alpha value is -2.16. The van der Waals surface area contributed by atoms with Crippen LogP contribution in [0.4, 0.5) is 24.5 Å². The molecular weight excluding hydrogens is 293 g/mol. The van der Waals surface area contributed by atoms with Crippen LogP contribution >= 0.6 is 0 Å². The summed E-state index contributed by atoms with van der Waals surface area (Å²) in [5.41, 5.74) is 6.15. The van der Waals surface area contributed by atoms with Crippen molar-refractivity contribution >= 4 is 17.3 Å². The first-order chi connectivity index (χ1) is 9.85. The molecule has 0 aliphatic carbocycles. The quantitative estimate of drug-likeness (QED) is 0.825. The number of amides is 1. The Morgan fingerprint density at radius 1 is 1.29 bits per heavy atom. The number of rotatable bonds is 4. The predicted octanol–water partition coefficient (Wildman–Crippen LogP) is 1.56. The van der Waals surface area contributed by atoms with Crippen molar-refractivity contribution in [3.8, 4) is 11.5 Å². The summed E-state index contributed by atoms with van der Waals surface area (Å²) in [7, 11) is 0. The van der Waals surface area contributed by atoms with Gasteiger partial charge in [-0.1, -0.05) is 0 Å². The maximum atomic E-state index is 11.9. The molecule has 0 bridgehead atoms. The molecule has 0 aromatic heterocycles. The molecule has 0 spiro atoms. The van der Waals surface area contributed by atoms with E-state index in [1.165, 1.54) is 12.1 Å². The van der Waals surface area contributed by atoms with Crippen LogP contribution in [0, 0.1) is 0 Å². The number of alkyl halides is 3. The average Bonchev–Trinajstić information content (AvgIpc) is 2.38. The van der Waals surface area contributed by atoms with Crippen LogP contribution in [-0.4, -0.2) is 38.5 Å². The summed E-state index contributed by atoms with van der Waals surface area (Å²) in [5, 5.41) is 2.35. The Kier molecular flexibility index (Phi) is 4.41. The maximum absolute atomic E-state index is 11.9. The summed E-state index contributed by atoms with van der Waals surface area (Å²) < 4.78 is 50.5. The molecule has 6 nitrogen and oxygen atoms in total. The van der Waals surface area contributed by atoms with Crippen molar-refractivity contribution in [1.82, 2.24) is 0 Å². The lowest BCUT2D eigenvalue weighted by atomic mass is 10.2. The first kappa shape index (κ1) is 15.2. The summed E-state index contributed by atoms with van der Waals surface area (Å²) in [6, 6.07) is 2.92. The molecule has 1 heterocycles. The molecule has 21 heavy (non-hydrogen) atoms. The lowest BCUT2D eigenvalue weighted by Crippen LogP contribution is -2.24. The number of anilines is 2. The number of ether oxygens (including phenoxy) is 3. The summed E-state index contributed by atoms with van der Waals surface area (Å²) in [6.07, 6.45) is -4.48. The Balaban J connectivity index is 1.94. The molecule has 116 valence electrons. The van der Waals surface area contributed by atoms with Crippen molar-refractivity contribution in [2.75, 3.05) is 37.5 Å². The molecule has 0 radical (unpaired) electrons. The highest BCUT2D eigenvalue weighted by atomic mass is 19.4. The Morgan fingerprint density at radius 2 is 1.90 bits per heavy atom. The number of hydrogen-bond donors (Lipinski definition) is 2. The molecule has 1 aromatic rings. The van der Waals surface area contributed by atoms with Gasteiger partial charge in [-0.05, 0) is 0 Å². The number of hydrogen-bond acceptors (Lipinski definition) is 5.